The Morgan fingerprint density at radius 2 is 2.05 bits per heavy atom. The largest absolute Gasteiger partial charge is 0.395 e. The summed E-state index contributed by atoms with van der Waals surface area (Å²) in [6.07, 6.45) is 0.897. The second-order valence-electron chi connectivity index (χ2n) is 5.18. The third-order valence-corrected chi connectivity index (χ3v) is 3.24. The maximum absolute atomic E-state index is 9.51. The minimum atomic E-state index is 0.0582. The van der Waals surface area contributed by atoms with Crippen molar-refractivity contribution in [2.24, 2.45) is 0 Å². The molecule has 2 rings (SSSR count). The smallest absolute Gasteiger partial charge is 0.109 e. The highest BCUT2D eigenvalue weighted by Crippen LogP contribution is 2.17. The van der Waals surface area contributed by atoms with Gasteiger partial charge in [0, 0.05) is 25.0 Å². The van der Waals surface area contributed by atoms with Crippen LogP contribution in [0.3, 0.4) is 0 Å². The van der Waals surface area contributed by atoms with Gasteiger partial charge < -0.3 is 15.0 Å². The zero-order chi connectivity index (χ0) is 13.8. The Hall–Kier alpha value is -1.39. The van der Waals surface area contributed by atoms with Crippen molar-refractivity contribution < 1.29 is 5.11 Å². The fourth-order valence-electron chi connectivity index (χ4n) is 2.45. The zero-order valence-electron chi connectivity index (χ0n) is 11.9. The fraction of sp³-hybridized carbons (Fsp3) is 0.533. The summed E-state index contributed by atoms with van der Waals surface area (Å²) < 4.78 is 2.21. The molecule has 1 atom stereocenters. The maximum Gasteiger partial charge on any atom is 0.109 e. The van der Waals surface area contributed by atoms with Crippen molar-refractivity contribution in [2.45, 2.75) is 45.8 Å². The Morgan fingerprint density at radius 3 is 2.68 bits per heavy atom. The topological polar surface area (TPSA) is 50.1 Å². The van der Waals surface area contributed by atoms with E-state index in [1.54, 1.807) is 0 Å². The number of nitrogens with zero attached hydrogens (tertiary/aromatic N) is 2. The molecule has 104 valence electrons. The Labute approximate surface area is 114 Å². The minimum absolute atomic E-state index is 0.0582. The van der Waals surface area contributed by atoms with Gasteiger partial charge in [-0.25, -0.2) is 4.98 Å². The first-order chi connectivity index (χ1) is 9.15. The van der Waals surface area contributed by atoms with Gasteiger partial charge in [-0.05, 0) is 12.1 Å². The Kier molecular flexibility index (Phi) is 4.56. The summed E-state index contributed by atoms with van der Waals surface area (Å²) in [5, 5.41) is 12.9. The van der Waals surface area contributed by atoms with Gasteiger partial charge in [-0.2, -0.15) is 0 Å². The van der Waals surface area contributed by atoms with Gasteiger partial charge in [0.15, 0.2) is 0 Å². The van der Waals surface area contributed by atoms with Crippen molar-refractivity contribution in [3.63, 3.8) is 0 Å². The van der Waals surface area contributed by atoms with Crippen LogP contribution in [0.25, 0.3) is 11.0 Å². The SMILES string of the molecule is CCc1nc2ccccc2n1CC(CO)NC(C)C. The predicted octanol–water partition coefficient (Wildman–Crippen LogP) is 1.96. The van der Waals surface area contributed by atoms with E-state index in [4.69, 9.17) is 0 Å². The lowest BCUT2D eigenvalue weighted by atomic mass is 10.2. The van der Waals surface area contributed by atoms with E-state index in [-0.39, 0.29) is 12.6 Å². The number of aromatic nitrogens is 2. The molecule has 4 heteroatoms. The number of hydrogen-bond acceptors (Lipinski definition) is 3. The van der Waals surface area contributed by atoms with Crippen LogP contribution >= 0.6 is 0 Å². The second kappa shape index (κ2) is 6.17. The fourth-order valence-corrected chi connectivity index (χ4v) is 2.45. The number of hydrogen-bond donors (Lipinski definition) is 2. The molecule has 1 unspecified atom stereocenters. The molecule has 0 fully saturated rings. The van der Waals surface area contributed by atoms with Gasteiger partial charge in [-0.1, -0.05) is 32.9 Å². The number of rotatable bonds is 6. The summed E-state index contributed by atoms with van der Waals surface area (Å²) in [6, 6.07) is 8.58. The first-order valence-electron chi connectivity index (χ1n) is 6.96. The van der Waals surface area contributed by atoms with Gasteiger partial charge in [-0.15, -0.1) is 0 Å². The van der Waals surface area contributed by atoms with Crippen molar-refractivity contribution in [2.75, 3.05) is 6.61 Å². The molecule has 0 radical (unpaired) electrons. The monoisotopic (exact) mass is 261 g/mol. The maximum atomic E-state index is 9.51. The van der Waals surface area contributed by atoms with E-state index in [0.717, 1.165) is 29.8 Å². The van der Waals surface area contributed by atoms with Crippen LogP contribution in [0.15, 0.2) is 24.3 Å². The van der Waals surface area contributed by atoms with Gasteiger partial charge in [0.1, 0.15) is 5.82 Å². The molecule has 0 aliphatic rings. The highest BCUT2D eigenvalue weighted by molar-refractivity contribution is 5.75. The molecule has 0 bridgehead atoms. The van der Waals surface area contributed by atoms with E-state index in [1.165, 1.54) is 0 Å². The van der Waals surface area contributed by atoms with Crippen molar-refractivity contribution in [3.8, 4) is 0 Å². The molecule has 1 aromatic carbocycles. The number of aliphatic hydroxyl groups excluding tert-OH is 1. The van der Waals surface area contributed by atoms with Gasteiger partial charge >= 0.3 is 0 Å². The summed E-state index contributed by atoms with van der Waals surface area (Å²) in [5.74, 6) is 1.07. The first kappa shape index (κ1) is 14.0. The van der Waals surface area contributed by atoms with Crippen LogP contribution in [0.1, 0.15) is 26.6 Å². The first-order valence-corrected chi connectivity index (χ1v) is 6.96. The molecule has 1 aromatic heterocycles. The minimum Gasteiger partial charge on any atom is -0.395 e. The molecule has 2 aromatic rings. The van der Waals surface area contributed by atoms with Crippen LogP contribution < -0.4 is 5.32 Å². The lowest BCUT2D eigenvalue weighted by Crippen LogP contribution is -2.40. The molecule has 0 aliphatic heterocycles. The molecule has 0 amide bonds. The summed E-state index contributed by atoms with van der Waals surface area (Å²) in [6.45, 7) is 7.18. The zero-order valence-corrected chi connectivity index (χ0v) is 11.9. The van der Waals surface area contributed by atoms with Crippen molar-refractivity contribution >= 4 is 11.0 Å². The molecular weight excluding hydrogens is 238 g/mol. The second-order valence-corrected chi connectivity index (χ2v) is 5.18. The average Bonchev–Trinajstić information content (AvgIpc) is 2.75. The van der Waals surface area contributed by atoms with Crippen LogP contribution in [0.4, 0.5) is 0 Å². The number of para-hydroxylation sites is 2. The van der Waals surface area contributed by atoms with Gasteiger partial charge in [0.05, 0.1) is 17.6 Å². The molecule has 0 saturated carbocycles. The standard InChI is InChI=1S/C15H23N3O/c1-4-15-17-13-7-5-6-8-14(13)18(15)9-12(10-19)16-11(2)3/h5-8,11-12,16,19H,4,9-10H2,1-3H3. The van der Waals surface area contributed by atoms with Crippen molar-refractivity contribution in [1.82, 2.24) is 14.9 Å². The van der Waals surface area contributed by atoms with E-state index in [0.29, 0.717) is 6.04 Å². The molecule has 2 N–H and O–H groups in total. The quantitative estimate of drug-likeness (QED) is 0.835. The highest BCUT2D eigenvalue weighted by Gasteiger charge is 2.14. The summed E-state index contributed by atoms with van der Waals surface area (Å²) >= 11 is 0. The molecular formula is C15H23N3O. The lowest BCUT2D eigenvalue weighted by Gasteiger charge is -2.21. The van der Waals surface area contributed by atoms with E-state index in [9.17, 15) is 5.11 Å². The number of aliphatic hydroxyl groups is 1. The Morgan fingerprint density at radius 1 is 1.32 bits per heavy atom. The molecule has 1 heterocycles. The summed E-state index contributed by atoms with van der Waals surface area (Å²) in [5.41, 5.74) is 2.17. The molecule has 0 saturated heterocycles. The van der Waals surface area contributed by atoms with E-state index in [2.05, 4.69) is 41.7 Å². The van der Waals surface area contributed by atoms with E-state index >= 15 is 0 Å². The number of nitrogens with one attached hydrogen (secondary N) is 1. The van der Waals surface area contributed by atoms with Crippen LogP contribution in [-0.4, -0.2) is 33.3 Å². The Bertz CT molecular complexity index is 533. The summed E-state index contributed by atoms with van der Waals surface area (Å²) in [7, 11) is 0. The van der Waals surface area contributed by atoms with Gasteiger partial charge in [0.2, 0.25) is 0 Å². The van der Waals surface area contributed by atoms with E-state index in [1.807, 2.05) is 18.2 Å². The normalized spacial score (nSPS) is 13.3. The third-order valence-electron chi connectivity index (χ3n) is 3.24. The summed E-state index contributed by atoms with van der Waals surface area (Å²) in [4.78, 5) is 4.65. The van der Waals surface area contributed by atoms with Gasteiger partial charge in [-0.3, -0.25) is 0 Å². The third kappa shape index (κ3) is 3.14. The van der Waals surface area contributed by atoms with Crippen molar-refractivity contribution in [1.29, 1.82) is 0 Å². The molecule has 0 spiro atoms. The molecule has 19 heavy (non-hydrogen) atoms. The van der Waals surface area contributed by atoms with Crippen LogP contribution in [0, 0.1) is 0 Å². The van der Waals surface area contributed by atoms with E-state index < -0.39 is 0 Å². The van der Waals surface area contributed by atoms with Crippen molar-refractivity contribution in [3.05, 3.63) is 30.1 Å². The number of imidazole rings is 1. The molecule has 0 aliphatic carbocycles. The van der Waals surface area contributed by atoms with Crippen LogP contribution in [0.2, 0.25) is 0 Å². The average molecular weight is 261 g/mol. The molecule has 4 nitrogen and oxygen atoms in total. The highest BCUT2D eigenvalue weighted by atomic mass is 16.3. The lowest BCUT2D eigenvalue weighted by molar-refractivity contribution is 0.221. The number of benzene rings is 1. The van der Waals surface area contributed by atoms with Crippen LogP contribution in [0.5, 0.6) is 0 Å². The number of aryl methyl sites for hydroxylation is 1. The van der Waals surface area contributed by atoms with Crippen LogP contribution in [-0.2, 0) is 13.0 Å². The Balaban J connectivity index is 2.32. The number of fused-ring (bicyclic) bond motifs is 1. The predicted molar refractivity (Wildman–Crippen MR) is 78.3 cm³/mol. The van der Waals surface area contributed by atoms with Gasteiger partial charge in [0.25, 0.3) is 0 Å².